The number of rotatable bonds is 6. The fraction of sp³-hybridized carbons (Fsp3) is 0.500. The van der Waals surface area contributed by atoms with E-state index < -0.39 is 0 Å². The molecular weight excluding hydrogens is 216 g/mol. The van der Waals surface area contributed by atoms with Crippen molar-refractivity contribution in [1.29, 1.82) is 0 Å². The molecule has 0 N–H and O–H groups in total. The molecule has 1 aromatic rings. The van der Waals surface area contributed by atoms with Gasteiger partial charge in [0.1, 0.15) is 11.3 Å². The lowest BCUT2D eigenvalue weighted by atomic mass is 10.1. The van der Waals surface area contributed by atoms with Crippen molar-refractivity contribution in [2.45, 2.75) is 33.6 Å². The molecule has 0 unspecified atom stereocenters. The van der Waals surface area contributed by atoms with Crippen LogP contribution in [-0.4, -0.2) is 19.2 Å². The van der Waals surface area contributed by atoms with Crippen LogP contribution in [0, 0.1) is 0 Å². The average Bonchev–Trinajstić information content (AvgIpc) is 2.36. The van der Waals surface area contributed by atoms with E-state index in [0.717, 1.165) is 18.4 Å². The molecule has 0 fully saturated rings. The van der Waals surface area contributed by atoms with Crippen molar-refractivity contribution in [3.05, 3.63) is 29.3 Å². The largest absolute Gasteiger partial charge is 0.493 e. The van der Waals surface area contributed by atoms with Gasteiger partial charge in [-0.2, -0.15) is 0 Å². The Labute approximate surface area is 103 Å². The SMILES string of the molecule is CCCOc1cc(CC)ccc1C(=O)OCC. The molecule has 3 heteroatoms. The van der Waals surface area contributed by atoms with Gasteiger partial charge >= 0.3 is 5.97 Å². The van der Waals surface area contributed by atoms with Crippen molar-refractivity contribution in [3.8, 4) is 5.75 Å². The Morgan fingerprint density at radius 1 is 1.24 bits per heavy atom. The Morgan fingerprint density at radius 3 is 2.59 bits per heavy atom. The van der Waals surface area contributed by atoms with Crippen LogP contribution in [0.1, 0.15) is 43.1 Å². The number of esters is 1. The van der Waals surface area contributed by atoms with Crippen molar-refractivity contribution in [2.24, 2.45) is 0 Å². The number of aryl methyl sites for hydroxylation is 1. The summed E-state index contributed by atoms with van der Waals surface area (Å²) in [5, 5.41) is 0. The Kier molecular flexibility index (Phi) is 5.53. The highest BCUT2D eigenvalue weighted by Crippen LogP contribution is 2.22. The van der Waals surface area contributed by atoms with Crippen LogP contribution in [0.2, 0.25) is 0 Å². The van der Waals surface area contributed by atoms with Crippen molar-refractivity contribution in [3.63, 3.8) is 0 Å². The molecule has 0 aliphatic rings. The number of benzene rings is 1. The van der Waals surface area contributed by atoms with Crippen LogP contribution < -0.4 is 4.74 Å². The minimum atomic E-state index is -0.318. The van der Waals surface area contributed by atoms with Gasteiger partial charge in [0.05, 0.1) is 13.2 Å². The van der Waals surface area contributed by atoms with Gasteiger partial charge in [-0.3, -0.25) is 0 Å². The Bertz CT molecular complexity index is 372. The first kappa shape index (κ1) is 13.6. The lowest BCUT2D eigenvalue weighted by molar-refractivity contribution is 0.0521. The first-order chi connectivity index (χ1) is 8.22. The van der Waals surface area contributed by atoms with Gasteiger partial charge in [-0.05, 0) is 37.5 Å². The van der Waals surface area contributed by atoms with Gasteiger partial charge in [0.15, 0.2) is 0 Å². The standard InChI is InChI=1S/C14H20O3/c1-4-9-17-13-10-11(5-2)7-8-12(13)14(15)16-6-3/h7-8,10H,4-6,9H2,1-3H3. The molecule has 1 rings (SSSR count). The molecule has 1 aromatic carbocycles. The fourth-order valence-corrected chi connectivity index (χ4v) is 1.50. The second-order valence-corrected chi connectivity index (χ2v) is 3.75. The molecular formula is C14H20O3. The molecule has 0 saturated carbocycles. The monoisotopic (exact) mass is 236 g/mol. The minimum absolute atomic E-state index is 0.318. The highest BCUT2D eigenvalue weighted by Gasteiger charge is 2.13. The van der Waals surface area contributed by atoms with Crippen LogP contribution in [0.15, 0.2) is 18.2 Å². The van der Waals surface area contributed by atoms with E-state index in [1.54, 1.807) is 13.0 Å². The summed E-state index contributed by atoms with van der Waals surface area (Å²) in [7, 11) is 0. The molecule has 0 radical (unpaired) electrons. The third-order valence-electron chi connectivity index (χ3n) is 2.41. The summed E-state index contributed by atoms with van der Waals surface area (Å²) >= 11 is 0. The zero-order valence-corrected chi connectivity index (χ0v) is 10.8. The second-order valence-electron chi connectivity index (χ2n) is 3.75. The van der Waals surface area contributed by atoms with E-state index in [1.807, 2.05) is 19.1 Å². The van der Waals surface area contributed by atoms with Crippen LogP contribution in [-0.2, 0) is 11.2 Å². The molecule has 0 heterocycles. The lowest BCUT2D eigenvalue weighted by Gasteiger charge is -2.11. The van der Waals surface area contributed by atoms with E-state index in [0.29, 0.717) is 24.5 Å². The van der Waals surface area contributed by atoms with E-state index in [9.17, 15) is 4.79 Å². The van der Waals surface area contributed by atoms with Crippen LogP contribution in [0.25, 0.3) is 0 Å². The number of carbonyl (C=O) groups is 1. The maximum Gasteiger partial charge on any atom is 0.341 e. The van der Waals surface area contributed by atoms with Crippen LogP contribution in [0.5, 0.6) is 5.75 Å². The van der Waals surface area contributed by atoms with Gasteiger partial charge in [-0.1, -0.05) is 19.9 Å². The predicted octanol–water partition coefficient (Wildman–Crippen LogP) is 3.21. The third kappa shape index (κ3) is 3.77. The summed E-state index contributed by atoms with van der Waals surface area (Å²) in [5.74, 6) is 0.311. The summed E-state index contributed by atoms with van der Waals surface area (Å²) < 4.78 is 10.6. The van der Waals surface area contributed by atoms with E-state index in [4.69, 9.17) is 9.47 Å². The molecule has 0 atom stereocenters. The quantitative estimate of drug-likeness (QED) is 0.711. The Morgan fingerprint density at radius 2 is 2.00 bits per heavy atom. The maximum atomic E-state index is 11.7. The van der Waals surface area contributed by atoms with Crippen LogP contribution in [0.4, 0.5) is 0 Å². The van der Waals surface area contributed by atoms with Crippen molar-refractivity contribution < 1.29 is 14.3 Å². The summed E-state index contributed by atoms with van der Waals surface area (Å²) in [4.78, 5) is 11.7. The summed E-state index contributed by atoms with van der Waals surface area (Å²) in [6.45, 7) is 6.89. The minimum Gasteiger partial charge on any atom is -0.493 e. The van der Waals surface area contributed by atoms with E-state index >= 15 is 0 Å². The second kappa shape index (κ2) is 6.94. The molecule has 0 amide bonds. The first-order valence-corrected chi connectivity index (χ1v) is 6.15. The van der Waals surface area contributed by atoms with Gasteiger partial charge in [0.2, 0.25) is 0 Å². The van der Waals surface area contributed by atoms with E-state index in [2.05, 4.69) is 6.92 Å². The van der Waals surface area contributed by atoms with Crippen LogP contribution in [0.3, 0.4) is 0 Å². The smallest absolute Gasteiger partial charge is 0.341 e. The number of ether oxygens (including phenoxy) is 2. The molecule has 3 nitrogen and oxygen atoms in total. The third-order valence-corrected chi connectivity index (χ3v) is 2.41. The maximum absolute atomic E-state index is 11.7. The molecule has 0 spiro atoms. The van der Waals surface area contributed by atoms with Gasteiger partial charge < -0.3 is 9.47 Å². The van der Waals surface area contributed by atoms with Crippen LogP contribution >= 0.6 is 0 Å². The van der Waals surface area contributed by atoms with Crippen molar-refractivity contribution >= 4 is 5.97 Å². The topological polar surface area (TPSA) is 35.5 Å². The highest BCUT2D eigenvalue weighted by molar-refractivity contribution is 5.92. The fourth-order valence-electron chi connectivity index (χ4n) is 1.50. The first-order valence-electron chi connectivity index (χ1n) is 6.15. The van der Waals surface area contributed by atoms with E-state index in [1.165, 1.54) is 0 Å². The molecule has 17 heavy (non-hydrogen) atoms. The number of hydrogen-bond acceptors (Lipinski definition) is 3. The summed E-state index contributed by atoms with van der Waals surface area (Å²) in [6, 6.07) is 5.63. The molecule has 0 aliphatic carbocycles. The number of hydrogen-bond donors (Lipinski definition) is 0. The molecule has 0 aliphatic heterocycles. The van der Waals surface area contributed by atoms with Gasteiger partial charge in [-0.25, -0.2) is 4.79 Å². The van der Waals surface area contributed by atoms with Crippen molar-refractivity contribution in [2.75, 3.05) is 13.2 Å². The van der Waals surface area contributed by atoms with Gasteiger partial charge in [-0.15, -0.1) is 0 Å². The van der Waals surface area contributed by atoms with Gasteiger partial charge in [0.25, 0.3) is 0 Å². The molecule has 0 bridgehead atoms. The zero-order chi connectivity index (χ0) is 12.7. The molecule has 0 saturated heterocycles. The highest BCUT2D eigenvalue weighted by atomic mass is 16.5. The van der Waals surface area contributed by atoms with Gasteiger partial charge in [0, 0.05) is 0 Å². The number of carbonyl (C=O) groups excluding carboxylic acids is 1. The normalized spacial score (nSPS) is 10.1. The van der Waals surface area contributed by atoms with E-state index in [-0.39, 0.29) is 5.97 Å². The molecule has 94 valence electrons. The predicted molar refractivity (Wildman–Crippen MR) is 67.6 cm³/mol. The lowest BCUT2D eigenvalue weighted by Crippen LogP contribution is -2.08. The summed E-state index contributed by atoms with van der Waals surface area (Å²) in [5.41, 5.74) is 1.67. The average molecular weight is 236 g/mol. The zero-order valence-electron chi connectivity index (χ0n) is 10.8. The Hall–Kier alpha value is -1.51. The van der Waals surface area contributed by atoms with Crippen molar-refractivity contribution in [1.82, 2.24) is 0 Å². The molecule has 0 aromatic heterocycles. The Balaban J connectivity index is 2.97. The summed E-state index contributed by atoms with van der Waals surface area (Å²) in [6.07, 6.45) is 1.84.